The predicted octanol–water partition coefficient (Wildman–Crippen LogP) is 3.28. The molecule has 1 amide bonds. The lowest BCUT2D eigenvalue weighted by Gasteiger charge is -2.38. The highest BCUT2D eigenvalue weighted by atomic mass is 35.5. The number of pyridine rings is 2. The molecule has 0 spiro atoms. The van der Waals surface area contributed by atoms with Crippen LogP contribution in [0.2, 0.25) is 5.02 Å². The first-order valence-electron chi connectivity index (χ1n) is 11.3. The number of nitrogens with zero attached hydrogens (tertiary/aromatic N) is 3. The van der Waals surface area contributed by atoms with Gasteiger partial charge in [-0.15, -0.1) is 0 Å². The number of benzene rings is 2. The molecule has 3 heterocycles. The highest BCUT2D eigenvalue weighted by molar-refractivity contribution is 6.38. The number of aliphatic hydroxyl groups is 1. The lowest BCUT2D eigenvalue weighted by Crippen LogP contribution is -2.51. The highest BCUT2D eigenvalue weighted by Crippen LogP contribution is 2.38. The molecule has 196 valence electrons. The van der Waals surface area contributed by atoms with Gasteiger partial charge in [-0.25, -0.2) is 18.2 Å². The third-order valence-corrected chi connectivity index (χ3v) is 6.48. The molecular weight excluding hydrogens is 525 g/mol. The van der Waals surface area contributed by atoms with E-state index in [0.29, 0.717) is 11.8 Å². The van der Waals surface area contributed by atoms with Gasteiger partial charge in [0.1, 0.15) is 11.4 Å². The van der Waals surface area contributed by atoms with Crippen LogP contribution in [0.25, 0.3) is 16.7 Å². The van der Waals surface area contributed by atoms with E-state index in [-0.39, 0.29) is 34.7 Å². The Morgan fingerprint density at radius 1 is 1.13 bits per heavy atom. The summed E-state index contributed by atoms with van der Waals surface area (Å²) in [5.74, 6) is -5.33. The molecule has 13 heteroatoms. The molecule has 2 aromatic carbocycles. The van der Waals surface area contributed by atoms with E-state index in [0.717, 1.165) is 22.4 Å². The highest BCUT2D eigenvalue weighted by Gasteiger charge is 2.31. The van der Waals surface area contributed by atoms with Crippen molar-refractivity contribution in [2.75, 3.05) is 29.1 Å². The molecular formula is C25H20ClF3N6O3. The van der Waals surface area contributed by atoms with Crippen LogP contribution in [-0.4, -0.2) is 39.8 Å². The number of β-amino-alcohol motifs (C(OH)–C–C–N with tert-alkyl or cyclic N) is 1. The summed E-state index contributed by atoms with van der Waals surface area (Å²) >= 11 is 6.55. The van der Waals surface area contributed by atoms with Crippen molar-refractivity contribution < 1.29 is 23.1 Å². The summed E-state index contributed by atoms with van der Waals surface area (Å²) in [4.78, 5) is 31.6. The van der Waals surface area contributed by atoms with Gasteiger partial charge in [0.25, 0.3) is 5.91 Å². The van der Waals surface area contributed by atoms with Crippen LogP contribution in [0.1, 0.15) is 15.9 Å². The van der Waals surface area contributed by atoms with Gasteiger partial charge in [-0.05, 0) is 25.1 Å². The van der Waals surface area contributed by atoms with Crippen molar-refractivity contribution in [2.45, 2.75) is 13.0 Å². The number of rotatable bonds is 5. The zero-order valence-electron chi connectivity index (χ0n) is 19.7. The molecule has 0 radical (unpaired) electrons. The Bertz CT molecular complexity index is 1660. The van der Waals surface area contributed by atoms with Gasteiger partial charge in [0.2, 0.25) is 5.43 Å². The van der Waals surface area contributed by atoms with Crippen molar-refractivity contribution in [2.24, 2.45) is 0 Å². The summed E-state index contributed by atoms with van der Waals surface area (Å²) in [5, 5.41) is 9.02. The number of nitrogens with one attached hydrogen (secondary N) is 2. The van der Waals surface area contributed by atoms with E-state index in [1.54, 1.807) is 24.3 Å². The van der Waals surface area contributed by atoms with Crippen molar-refractivity contribution in [3.8, 4) is 5.82 Å². The Hall–Kier alpha value is -4.29. The fourth-order valence-electron chi connectivity index (χ4n) is 4.13. The Balaban J connectivity index is 1.70. The van der Waals surface area contributed by atoms with Crippen LogP contribution >= 0.6 is 11.6 Å². The molecule has 1 aliphatic rings. The van der Waals surface area contributed by atoms with Crippen LogP contribution in [-0.2, 0) is 0 Å². The van der Waals surface area contributed by atoms with Gasteiger partial charge in [-0.1, -0.05) is 29.3 Å². The lowest BCUT2D eigenvalue weighted by molar-refractivity contribution is 0.0961. The van der Waals surface area contributed by atoms with E-state index in [2.05, 4.69) is 15.8 Å². The van der Waals surface area contributed by atoms with Crippen LogP contribution in [0.15, 0.2) is 47.4 Å². The number of hydrogen-bond donors (Lipinski definition) is 4. The van der Waals surface area contributed by atoms with E-state index in [4.69, 9.17) is 17.3 Å². The first-order valence-corrected chi connectivity index (χ1v) is 11.7. The van der Waals surface area contributed by atoms with Crippen molar-refractivity contribution in [3.05, 3.63) is 86.4 Å². The van der Waals surface area contributed by atoms with E-state index in [1.165, 1.54) is 4.90 Å². The van der Waals surface area contributed by atoms with Gasteiger partial charge in [0.15, 0.2) is 23.3 Å². The number of nitrogen functional groups attached to an aromatic ring is 1. The third-order valence-electron chi connectivity index (χ3n) is 6.12. The van der Waals surface area contributed by atoms with E-state index in [1.807, 2.05) is 6.92 Å². The topological polar surface area (TPSA) is 126 Å². The average Bonchev–Trinajstić information content (AvgIpc) is 2.85. The largest absolute Gasteiger partial charge is 0.389 e. The molecule has 2 aromatic heterocycles. The van der Waals surface area contributed by atoms with Gasteiger partial charge < -0.3 is 15.7 Å². The molecule has 1 fully saturated rings. The zero-order valence-corrected chi connectivity index (χ0v) is 20.5. The number of amides is 1. The molecule has 9 nitrogen and oxygen atoms in total. The molecule has 5 rings (SSSR count). The number of nitrogens with two attached hydrogens (primary N) is 1. The smallest absolute Gasteiger partial charge is 0.275 e. The molecule has 0 aliphatic carbocycles. The number of carbonyl (C=O) groups is 1. The molecule has 1 saturated heterocycles. The first-order chi connectivity index (χ1) is 18.0. The Morgan fingerprint density at radius 3 is 2.47 bits per heavy atom. The van der Waals surface area contributed by atoms with Crippen molar-refractivity contribution >= 4 is 45.6 Å². The average molecular weight is 545 g/mol. The summed E-state index contributed by atoms with van der Waals surface area (Å²) < 4.78 is 45.0. The minimum Gasteiger partial charge on any atom is -0.389 e. The molecule has 0 bridgehead atoms. The normalized spacial score (nSPS) is 13.5. The summed E-state index contributed by atoms with van der Waals surface area (Å²) in [5.41, 5.74) is 10.4. The van der Waals surface area contributed by atoms with Crippen molar-refractivity contribution in [1.29, 1.82) is 0 Å². The van der Waals surface area contributed by atoms with Crippen LogP contribution in [0.3, 0.4) is 0 Å². The fourth-order valence-corrected chi connectivity index (χ4v) is 4.54. The Morgan fingerprint density at radius 2 is 1.82 bits per heavy atom. The van der Waals surface area contributed by atoms with E-state index in [9.17, 15) is 23.5 Å². The Kier molecular flexibility index (Phi) is 6.37. The van der Waals surface area contributed by atoms with Crippen molar-refractivity contribution in [3.63, 3.8) is 0 Å². The molecule has 1 aliphatic heterocycles. The summed E-state index contributed by atoms with van der Waals surface area (Å²) in [6.07, 6.45) is 0.268. The standard InChI is InChI=1S/C25H20ClF3N6O3/c1-11-2-4-12(5-3-11)32-33-25(38)15-10-35(24-18(29)7-17(28)23(30)31-24)20-14(22(15)37)6-16(27)21(19(20)26)34-8-13(36)9-34/h2-7,10,13,32,36H,8-9H2,1H3,(H2,30,31)(H,33,38). The zero-order chi connectivity index (χ0) is 27.3. The van der Waals surface area contributed by atoms with E-state index < -0.39 is 52.1 Å². The van der Waals surface area contributed by atoms with Gasteiger partial charge in [0, 0.05) is 25.4 Å². The number of aliphatic hydroxyl groups excluding tert-OH is 1. The van der Waals surface area contributed by atoms with Crippen LogP contribution in [0, 0.1) is 24.4 Å². The third kappa shape index (κ3) is 4.37. The number of hydrazine groups is 1. The second kappa shape index (κ2) is 9.54. The predicted molar refractivity (Wildman–Crippen MR) is 137 cm³/mol. The molecule has 38 heavy (non-hydrogen) atoms. The minimum absolute atomic E-state index is 0.0770. The van der Waals surface area contributed by atoms with Gasteiger partial charge in [0.05, 0.1) is 33.4 Å². The molecule has 0 atom stereocenters. The summed E-state index contributed by atoms with van der Waals surface area (Å²) in [7, 11) is 0. The fraction of sp³-hybridized carbons (Fsp3) is 0.160. The molecule has 0 saturated carbocycles. The number of aryl methyl sites for hydroxylation is 1. The molecule has 4 aromatic rings. The number of carbonyl (C=O) groups excluding carboxylic acids is 1. The number of halogens is 4. The number of hydrogen-bond acceptors (Lipinski definition) is 7. The number of fused-ring (bicyclic) bond motifs is 1. The lowest BCUT2D eigenvalue weighted by atomic mass is 10.1. The van der Waals surface area contributed by atoms with Crippen LogP contribution in [0.4, 0.5) is 30.4 Å². The molecule has 0 unspecified atom stereocenters. The monoisotopic (exact) mass is 544 g/mol. The van der Waals surface area contributed by atoms with Gasteiger partial charge in [-0.3, -0.25) is 25.0 Å². The number of anilines is 3. The quantitative estimate of drug-likeness (QED) is 0.284. The van der Waals surface area contributed by atoms with Crippen LogP contribution in [0.5, 0.6) is 0 Å². The maximum Gasteiger partial charge on any atom is 0.275 e. The first kappa shape index (κ1) is 25.4. The summed E-state index contributed by atoms with van der Waals surface area (Å²) in [6, 6.07) is 8.34. The second-order valence-electron chi connectivity index (χ2n) is 8.82. The van der Waals surface area contributed by atoms with Crippen molar-refractivity contribution in [1.82, 2.24) is 15.0 Å². The SMILES string of the molecule is Cc1ccc(NNC(=O)c2cn(-c3nc(N)c(F)cc3F)c3c(Cl)c(N4CC(O)C4)c(F)cc3c2=O)cc1. The minimum atomic E-state index is -1.17. The molecule has 5 N–H and O–H groups in total. The maximum absolute atomic E-state index is 15.2. The van der Waals surface area contributed by atoms with Gasteiger partial charge in [-0.2, -0.15) is 0 Å². The Labute approximate surface area is 218 Å². The maximum atomic E-state index is 15.2. The summed E-state index contributed by atoms with van der Waals surface area (Å²) in [6.45, 7) is 2.04. The number of aromatic nitrogens is 2. The van der Waals surface area contributed by atoms with Crippen LogP contribution < -0.4 is 26.9 Å². The van der Waals surface area contributed by atoms with Gasteiger partial charge >= 0.3 is 0 Å². The second-order valence-corrected chi connectivity index (χ2v) is 9.20. The van der Waals surface area contributed by atoms with E-state index >= 15 is 4.39 Å².